The van der Waals surface area contributed by atoms with E-state index in [1.807, 2.05) is 33.9 Å². The van der Waals surface area contributed by atoms with Gasteiger partial charge in [-0.25, -0.2) is 0 Å². The fourth-order valence-electron chi connectivity index (χ4n) is 1.86. The van der Waals surface area contributed by atoms with E-state index in [9.17, 15) is 10.1 Å². The van der Waals surface area contributed by atoms with Crippen LogP contribution in [0, 0.1) is 10.1 Å². The SMILES string of the molecule is CC.CCc1ccccc1[N+](=O)[O-].CN1CCCC1.CNP. The van der Waals surface area contributed by atoms with Crippen molar-refractivity contribution in [2.75, 3.05) is 27.2 Å². The van der Waals surface area contributed by atoms with Crippen LogP contribution in [-0.4, -0.2) is 37.0 Å². The topological polar surface area (TPSA) is 58.4 Å². The number of nitrogens with one attached hydrogen (secondary N) is 1. The minimum atomic E-state index is -0.348. The summed E-state index contributed by atoms with van der Waals surface area (Å²) < 4.78 is 0. The Balaban J connectivity index is 0. The van der Waals surface area contributed by atoms with Gasteiger partial charge in [0.05, 0.1) is 4.92 Å². The molecule has 2 rings (SSSR count). The van der Waals surface area contributed by atoms with Gasteiger partial charge in [0.25, 0.3) is 5.69 Å². The maximum absolute atomic E-state index is 10.4. The molecular weight excluding hydrogens is 297 g/mol. The first-order valence-corrected chi connectivity index (χ1v) is 8.42. The Kier molecular flexibility index (Phi) is 17.3. The third-order valence-corrected chi connectivity index (χ3v) is 2.90. The summed E-state index contributed by atoms with van der Waals surface area (Å²) in [7, 11) is 6.34. The van der Waals surface area contributed by atoms with Crippen LogP contribution >= 0.6 is 9.39 Å². The largest absolute Gasteiger partial charge is 0.306 e. The van der Waals surface area contributed by atoms with Gasteiger partial charge in [-0.2, -0.15) is 0 Å². The van der Waals surface area contributed by atoms with E-state index < -0.39 is 0 Å². The number of benzene rings is 1. The minimum Gasteiger partial charge on any atom is -0.306 e. The molecule has 22 heavy (non-hydrogen) atoms. The summed E-state index contributed by atoms with van der Waals surface area (Å²) in [6, 6.07) is 6.79. The Bertz CT molecular complexity index is 383. The van der Waals surface area contributed by atoms with Gasteiger partial charge in [0.2, 0.25) is 0 Å². The van der Waals surface area contributed by atoms with Gasteiger partial charge in [0.1, 0.15) is 0 Å². The van der Waals surface area contributed by atoms with E-state index in [0.29, 0.717) is 6.42 Å². The molecule has 1 aliphatic rings. The summed E-state index contributed by atoms with van der Waals surface area (Å²) in [5.41, 5.74) is 1.01. The predicted octanol–water partition coefficient (Wildman–Crippen LogP) is 3.89. The number of hydrogen-bond acceptors (Lipinski definition) is 4. The maximum atomic E-state index is 10.4. The molecule has 6 heteroatoms. The molecule has 5 nitrogen and oxygen atoms in total. The van der Waals surface area contributed by atoms with E-state index in [0.717, 1.165) is 5.56 Å². The number of para-hydroxylation sites is 1. The lowest BCUT2D eigenvalue weighted by atomic mass is 10.1. The molecule has 0 bridgehead atoms. The van der Waals surface area contributed by atoms with Crippen molar-refractivity contribution >= 4 is 15.1 Å². The summed E-state index contributed by atoms with van der Waals surface area (Å²) in [5, 5.41) is 13.1. The van der Waals surface area contributed by atoms with Gasteiger partial charge in [0.15, 0.2) is 0 Å². The lowest BCUT2D eigenvalue weighted by Gasteiger charge is -2.01. The molecule has 1 aromatic rings. The normalized spacial score (nSPS) is 12.8. The Morgan fingerprint density at radius 2 is 1.73 bits per heavy atom. The zero-order chi connectivity index (χ0) is 17.4. The van der Waals surface area contributed by atoms with Crippen LogP contribution in [0.3, 0.4) is 0 Å². The van der Waals surface area contributed by atoms with E-state index in [1.54, 1.807) is 12.1 Å². The van der Waals surface area contributed by atoms with Crippen LogP contribution in [0.1, 0.15) is 39.2 Å². The summed E-state index contributed by atoms with van der Waals surface area (Å²) in [6.07, 6.45) is 3.53. The van der Waals surface area contributed by atoms with Crippen LogP contribution in [0.4, 0.5) is 5.69 Å². The second-order valence-corrected chi connectivity index (χ2v) is 5.12. The van der Waals surface area contributed by atoms with Crippen LogP contribution in [0.15, 0.2) is 24.3 Å². The Hall–Kier alpha value is -1.03. The minimum absolute atomic E-state index is 0.218. The van der Waals surface area contributed by atoms with E-state index in [4.69, 9.17) is 0 Å². The first-order valence-electron chi connectivity index (χ1n) is 7.85. The third-order valence-electron chi connectivity index (χ3n) is 2.90. The summed E-state index contributed by atoms with van der Waals surface area (Å²) in [6.45, 7) is 8.54. The van der Waals surface area contributed by atoms with E-state index in [2.05, 4.69) is 26.4 Å². The van der Waals surface area contributed by atoms with Crippen molar-refractivity contribution < 1.29 is 4.92 Å². The van der Waals surface area contributed by atoms with E-state index in [1.165, 1.54) is 32.0 Å². The predicted molar refractivity (Wildman–Crippen MR) is 99.3 cm³/mol. The molecule has 128 valence electrons. The summed E-state index contributed by atoms with van der Waals surface area (Å²) in [5.74, 6) is 0. The highest BCUT2D eigenvalue weighted by Gasteiger charge is 2.08. The molecule has 1 saturated heterocycles. The zero-order valence-electron chi connectivity index (χ0n) is 14.6. The molecule has 0 aliphatic carbocycles. The second kappa shape index (κ2) is 16.3. The zero-order valence-corrected chi connectivity index (χ0v) is 15.8. The summed E-state index contributed by atoms with van der Waals surface area (Å²) in [4.78, 5) is 12.4. The molecule has 1 aliphatic heterocycles. The van der Waals surface area contributed by atoms with Gasteiger partial charge in [-0.15, -0.1) is 0 Å². The van der Waals surface area contributed by atoms with Gasteiger partial charge in [-0.1, -0.05) is 48.4 Å². The summed E-state index contributed by atoms with van der Waals surface area (Å²) >= 11 is 0. The lowest BCUT2D eigenvalue weighted by molar-refractivity contribution is -0.385. The standard InChI is InChI=1S/C8H9NO2.C5H11N.C2H6.CH6NP/c1-2-7-5-3-4-6-8(7)9(10)11;1-6-4-2-3-5-6;1-2;1-2-3/h3-6H,2H2,1H3;2-5H2,1H3;1-2H3;2H,3H2,1H3. The maximum Gasteiger partial charge on any atom is 0.272 e. The monoisotopic (exact) mass is 329 g/mol. The molecule has 1 atom stereocenters. The smallest absolute Gasteiger partial charge is 0.272 e. The molecular formula is C16H32N3O2P. The van der Waals surface area contributed by atoms with E-state index >= 15 is 0 Å². The number of nitro benzene ring substituents is 1. The highest BCUT2D eigenvalue weighted by atomic mass is 31.0. The lowest BCUT2D eigenvalue weighted by Crippen LogP contribution is -2.10. The van der Waals surface area contributed by atoms with Crippen LogP contribution in [0.5, 0.6) is 0 Å². The van der Waals surface area contributed by atoms with Gasteiger partial charge < -0.3 is 9.99 Å². The van der Waals surface area contributed by atoms with Crippen molar-refractivity contribution in [2.24, 2.45) is 0 Å². The van der Waals surface area contributed by atoms with Gasteiger partial charge in [0, 0.05) is 11.6 Å². The van der Waals surface area contributed by atoms with Crippen LogP contribution in [0.2, 0.25) is 0 Å². The number of nitrogens with zero attached hydrogens (tertiary/aromatic N) is 2. The number of aryl methyl sites for hydroxylation is 1. The highest BCUT2D eigenvalue weighted by Crippen LogP contribution is 2.17. The molecule has 0 saturated carbocycles. The molecule has 1 aromatic carbocycles. The second-order valence-electron chi connectivity index (χ2n) is 4.54. The van der Waals surface area contributed by atoms with E-state index in [-0.39, 0.29) is 10.6 Å². The number of hydrogen-bond donors (Lipinski definition) is 1. The molecule has 1 N–H and O–H groups in total. The Morgan fingerprint density at radius 3 is 2.00 bits per heavy atom. The van der Waals surface area contributed by atoms with Crippen molar-refractivity contribution in [1.29, 1.82) is 0 Å². The van der Waals surface area contributed by atoms with Crippen molar-refractivity contribution in [3.05, 3.63) is 39.9 Å². The average molecular weight is 329 g/mol. The van der Waals surface area contributed by atoms with Crippen molar-refractivity contribution in [2.45, 2.75) is 40.0 Å². The first kappa shape index (κ1) is 23.2. The molecule has 1 heterocycles. The molecule has 0 spiro atoms. The number of likely N-dealkylation sites (tertiary alicyclic amines) is 1. The molecule has 1 fully saturated rings. The van der Waals surface area contributed by atoms with Gasteiger partial charge in [-0.05, 0) is 46.4 Å². The Morgan fingerprint density at radius 1 is 1.27 bits per heavy atom. The highest BCUT2D eigenvalue weighted by molar-refractivity contribution is 7.13. The molecule has 1 unspecified atom stereocenters. The van der Waals surface area contributed by atoms with Crippen molar-refractivity contribution in [1.82, 2.24) is 9.99 Å². The fraction of sp³-hybridized carbons (Fsp3) is 0.625. The van der Waals surface area contributed by atoms with Crippen molar-refractivity contribution in [3.63, 3.8) is 0 Å². The molecule has 0 amide bonds. The quantitative estimate of drug-likeness (QED) is 0.508. The van der Waals surface area contributed by atoms with Crippen molar-refractivity contribution in [3.8, 4) is 0 Å². The third kappa shape index (κ3) is 11.6. The molecule has 0 radical (unpaired) electrons. The van der Waals surface area contributed by atoms with Crippen LogP contribution in [-0.2, 0) is 6.42 Å². The van der Waals surface area contributed by atoms with Crippen LogP contribution in [0.25, 0.3) is 0 Å². The van der Waals surface area contributed by atoms with Gasteiger partial charge >= 0.3 is 0 Å². The molecule has 0 aromatic heterocycles. The Labute approximate surface area is 137 Å². The van der Waals surface area contributed by atoms with Gasteiger partial charge in [-0.3, -0.25) is 10.1 Å². The average Bonchev–Trinajstić information content (AvgIpc) is 3.01. The van der Waals surface area contributed by atoms with Crippen LogP contribution < -0.4 is 5.09 Å². The fourth-order valence-corrected chi connectivity index (χ4v) is 1.86. The first-order chi connectivity index (χ1) is 10.6. The number of rotatable bonds is 2. The number of nitro groups is 1.